The van der Waals surface area contributed by atoms with E-state index in [2.05, 4.69) is 4.74 Å². The molecule has 1 aromatic carbocycles. The summed E-state index contributed by atoms with van der Waals surface area (Å²) in [6.07, 6.45) is 2.72. The predicted molar refractivity (Wildman–Crippen MR) is 83.4 cm³/mol. The van der Waals surface area contributed by atoms with E-state index in [1.54, 1.807) is 0 Å². The van der Waals surface area contributed by atoms with Gasteiger partial charge in [0.2, 0.25) is 5.91 Å². The fraction of sp³-hybridized carbons (Fsp3) is 0.412. The van der Waals surface area contributed by atoms with E-state index in [1.165, 1.54) is 12.0 Å². The van der Waals surface area contributed by atoms with Gasteiger partial charge >= 0.3 is 5.97 Å². The molecule has 1 heterocycles. The van der Waals surface area contributed by atoms with Crippen molar-refractivity contribution >= 4 is 11.9 Å². The normalized spacial score (nSPS) is 20.6. The Hall–Kier alpha value is -2.18. The van der Waals surface area contributed by atoms with Gasteiger partial charge in [-0.3, -0.25) is 4.79 Å². The number of nitrogens with zero attached hydrogens (tertiary/aromatic N) is 1. The van der Waals surface area contributed by atoms with Crippen molar-refractivity contribution in [3.63, 3.8) is 0 Å². The number of carbonyl (C=O) groups excluding carboxylic acids is 2. The first-order valence-electron chi connectivity index (χ1n) is 7.41. The van der Waals surface area contributed by atoms with Crippen LogP contribution in [0, 0.1) is 0 Å². The van der Waals surface area contributed by atoms with E-state index in [1.807, 2.05) is 30.3 Å². The largest absolute Gasteiger partial charge is 0.466 e. The average Bonchev–Trinajstić information content (AvgIpc) is 2.99. The summed E-state index contributed by atoms with van der Waals surface area (Å²) in [5.74, 6) is -0.958. The molecular formula is C17H21NO5. The summed E-state index contributed by atoms with van der Waals surface area (Å²) < 4.78 is 9.71. The SMILES string of the molecule is COC(=O)/C=C/C(=O)N(Cc1ccccc1)CC1(O)CCOC1. The number of carbonyl (C=O) groups is 2. The number of methoxy groups -OCH3 is 1. The van der Waals surface area contributed by atoms with Gasteiger partial charge in [0.25, 0.3) is 0 Å². The zero-order valence-electron chi connectivity index (χ0n) is 13.1. The lowest BCUT2D eigenvalue weighted by Crippen LogP contribution is -2.45. The summed E-state index contributed by atoms with van der Waals surface area (Å²) in [5.41, 5.74) is -0.112. The van der Waals surface area contributed by atoms with Gasteiger partial charge in [-0.1, -0.05) is 30.3 Å². The quantitative estimate of drug-likeness (QED) is 0.623. The van der Waals surface area contributed by atoms with Gasteiger partial charge in [0.1, 0.15) is 5.60 Å². The fourth-order valence-electron chi connectivity index (χ4n) is 2.40. The maximum absolute atomic E-state index is 12.4. The van der Waals surface area contributed by atoms with Crippen molar-refractivity contribution < 1.29 is 24.2 Å². The van der Waals surface area contributed by atoms with Crippen LogP contribution in [-0.2, 0) is 25.6 Å². The molecule has 23 heavy (non-hydrogen) atoms. The van der Waals surface area contributed by atoms with E-state index in [0.717, 1.165) is 17.7 Å². The first-order chi connectivity index (χ1) is 11.0. The standard InChI is InChI=1S/C17H21NO5/c1-22-16(20)8-7-15(19)18(11-14-5-3-2-4-6-14)12-17(21)9-10-23-13-17/h2-8,21H,9-13H2,1H3/b8-7+. The van der Waals surface area contributed by atoms with Crippen LogP contribution >= 0.6 is 0 Å². The zero-order chi connectivity index (χ0) is 16.7. The number of esters is 1. The summed E-state index contributed by atoms with van der Waals surface area (Å²) in [6.45, 7) is 1.16. The molecule has 0 saturated carbocycles. The van der Waals surface area contributed by atoms with Crippen LogP contribution in [0.4, 0.5) is 0 Å². The Labute approximate surface area is 135 Å². The molecular weight excluding hydrogens is 298 g/mol. The van der Waals surface area contributed by atoms with E-state index >= 15 is 0 Å². The van der Waals surface area contributed by atoms with Crippen LogP contribution in [-0.4, -0.2) is 54.4 Å². The molecule has 1 atom stereocenters. The lowest BCUT2D eigenvalue weighted by atomic mass is 10.0. The van der Waals surface area contributed by atoms with Gasteiger partial charge in [0.15, 0.2) is 0 Å². The highest BCUT2D eigenvalue weighted by Crippen LogP contribution is 2.21. The molecule has 1 aliphatic heterocycles. The van der Waals surface area contributed by atoms with Crippen LogP contribution in [0.3, 0.4) is 0 Å². The Bertz CT molecular complexity index is 564. The van der Waals surface area contributed by atoms with Crippen molar-refractivity contribution in [1.82, 2.24) is 4.90 Å². The third-order valence-corrected chi connectivity index (χ3v) is 3.66. The van der Waals surface area contributed by atoms with Crippen LogP contribution in [0.1, 0.15) is 12.0 Å². The molecule has 1 aromatic rings. The second-order valence-electron chi connectivity index (χ2n) is 5.56. The van der Waals surface area contributed by atoms with Crippen LogP contribution in [0.5, 0.6) is 0 Å². The van der Waals surface area contributed by atoms with Gasteiger partial charge in [-0.05, 0) is 5.56 Å². The van der Waals surface area contributed by atoms with Crippen LogP contribution < -0.4 is 0 Å². The first kappa shape index (κ1) is 17.2. The summed E-state index contributed by atoms with van der Waals surface area (Å²) in [7, 11) is 1.25. The van der Waals surface area contributed by atoms with Crippen molar-refractivity contribution in [2.75, 3.05) is 26.9 Å². The number of amides is 1. The Morgan fingerprint density at radius 1 is 1.35 bits per heavy atom. The van der Waals surface area contributed by atoms with Gasteiger partial charge in [0.05, 0.1) is 20.3 Å². The van der Waals surface area contributed by atoms with Gasteiger partial charge in [-0.2, -0.15) is 0 Å². The monoisotopic (exact) mass is 319 g/mol. The lowest BCUT2D eigenvalue weighted by molar-refractivity contribution is -0.135. The highest BCUT2D eigenvalue weighted by Gasteiger charge is 2.35. The van der Waals surface area contributed by atoms with Gasteiger partial charge in [-0.25, -0.2) is 4.79 Å². The van der Waals surface area contributed by atoms with Gasteiger partial charge in [-0.15, -0.1) is 0 Å². The molecule has 1 amide bonds. The molecule has 1 unspecified atom stereocenters. The zero-order valence-corrected chi connectivity index (χ0v) is 13.1. The molecule has 6 nitrogen and oxygen atoms in total. The molecule has 0 aliphatic carbocycles. The second-order valence-corrected chi connectivity index (χ2v) is 5.56. The maximum atomic E-state index is 12.4. The summed E-state index contributed by atoms with van der Waals surface area (Å²) >= 11 is 0. The third kappa shape index (κ3) is 5.19. The Morgan fingerprint density at radius 3 is 2.70 bits per heavy atom. The minimum Gasteiger partial charge on any atom is -0.466 e. The topological polar surface area (TPSA) is 76.1 Å². The van der Waals surface area contributed by atoms with Crippen molar-refractivity contribution in [1.29, 1.82) is 0 Å². The second kappa shape index (κ2) is 7.89. The van der Waals surface area contributed by atoms with Gasteiger partial charge < -0.3 is 19.5 Å². The van der Waals surface area contributed by atoms with E-state index in [9.17, 15) is 14.7 Å². The molecule has 1 N–H and O–H groups in total. The highest BCUT2D eigenvalue weighted by atomic mass is 16.5. The lowest BCUT2D eigenvalue weighted by Gasteiger charge is -2.30. The van der Waals surface area contributed by atoms with Crippen molar-refractivity contribution in [3.05, 3.63) is 48.0 Å². The Kier molecular flexibility index (Phi) is 5.90. The Balaban J connectivity index is 2.11. The van der Waals surface area contributed by atoms with E-state index in [4.69, 9.17) is 4.74 Å². The van der Waals surface area contributed by atoms with Crippen molar-refractivity contribution in [2.24, 2.45) is 0 Å². The highest BCUT2D eigenvalue weighted by molar-refractivity contribution is 5.94. The van der Waals surface area contributed by atoms with Crippen LogP contribution in [0.15, 0.2) is 42.5 Å². The van der Waals surface area contributed by atoms with Crippen molar-refractivity contribution in [3.8, 4) is 0 Å². The van der Waals surface area contributed by atoms with Crippen molar-refractivity contribution in [2.45, 2.75) is 18.6 Å². The third-order valence-electron chi connectivity index (χ3n) is 3.66. The minimum atomic E-state index is -1.05. The number of hydrogen-bond donors (Lipinski definition) is 1. The number of rotatable bonds is 6. The fourth-order valence-corrected chi connectivity index (χ4v) is 2.40. The first-order valence-corrected chi connectivity index (χ1v) is 7.41. The number of ether oxygens (including phenoxy) is 2. The molecule has 0 bridgehead atoms. The number of benzene rings is 1. The number of aliphatic hydroxyl groups is 1. The smallest absolute Gasteiger partial charge is 0.330 e. The summed E-state index contributed by atoms with van der Waals surface area (Å²) in [6, 6.07) is 9.47. The molecule has 0 aromatic heterocycles. The van der Waals surface area contributed by atoms with E-state index in [0.29, 0.717) is 19.6 Å². The van der Waals surface area contributed by atoms with E-state index in [-0.39, 0.29) is 19.1 Å². The minimum absolute atomic E-state index is 0.145. The molecule has 0 spiro atoms. The summed E-state index contributed by atoms with van der Waals surface area (Å²) in [5, 5.41) is 10.5. The molecule has 1 fully saturated rings. The average molecular weight is 319 g/mol. The molecule has 6 heteroatoms. The van der Waals surface area contributed by atoms with E-state index < -0.39 is 11.6 Å². The van der Waals surface area contributed by atoms with Gasteiger partial charge in [0, 0.05) is 31.7 Å². The molecule has 0 radical (unpaired) electrons. The van der Waals surface area contributed by atoms with Crippen LogP contribution in [0.2, 0.25) is 0 Å². The predicted octanol–water partition coefficient (Wildman–Crippen LogP) is 0.896. The Morgan fingerprint density at radius 2 is 2.09 bits per heavy atom. The maximum Gasteiger partial charge on any atom is 0.330 e. The molecule has 124 valence electrons. The summed E-state index contributed by atoms with van der Waals surface area (Å²) in [4.78, 5) is 25.0. The molecule has 1 aliphatic rings. The molecule has 1 saturated heterocycles. The molecule has 2 rings (SSSR count). The van der Waals surface area contributed by atoms with Crippen LogP contribution in [0.25, 0.3) is 0 Å². The number of hydrogen-bond acceptors (Lipinski definition) is 5.